The average Bonchev–Trinajstić information content (AvgIpc) is 2.61. The van der Waals surface area contributed by atoms with Crippen molar-refractivity contribution in [3.05, 3.63) is 34.9 Å². The van der Waals surface area contributed by atoms with Crippen LogP contribution in [0, 0.1) is 11.8 Å². The lowest BCUT2D eigenvalue weighted by Crippen LogP contribution is -2.57. The zero-order valence-electron chi connectivity index (χ0n) is 15.5. The standard InChI is InChI=1S/C20H28ClNO3/c1-13(2)15-9-11-20(12-10-15,19(24)25-4)22-18(23)14(3)16-5-7-17(21)8-6-16/h5-8,13-15H,9-12H2,1-4H3,(H,22,23). The van der Waals surface area contributed by atoms with E-state index in [0.29, 0.717) is 29.7 Å². The van der Waals surface area contributed by atoms with E-state index in [2.05, 4.69) is 19.2 Å². The second-order valence-electron chi connectivity index (χ2n) is 7.42. The number of methoxy groups -OCH3 is 1. The fraction of sp³-hybridized carbons (Fsp3) is 0.600. The van der Waals surface area contributed by atoms with Gasteiger partial charge in [-0.1, -0.05) is 37.6 Å². The van der Waals surface area contributed by atoms with Gasteiger partial charge in [-0.05, 0) is 62.1 Å². The largest absolute Gasteiger partial charge is 0.467 e. The first-order valence-corrected chi connectivity index (χ1v) is 9.33. The van der Waals surface area contributed by atoms with E-state index >= 15 is 0 Å². The molecular formula is C20H28ClNO3. The number of halogens is 1. The van der Waals surface area contributed by atoms with Crippen molar-refractivity contribution < 1.29 is 14.3 Å². The normalized spacial score (nSPS) is 24.6. The molecule has 0 heterocycles. The van der Waals surface area contributed by atoms with Crippen LogP contribution < -0.4 is 5.32 Å². The fourth-order valence-electron chi connectivity index (χ4n) is 3.62. The Kier molecular flexibility index (Phi) is 6.50. The number of amides is 1. The molecule has 0 aromatic heterocycles. The van der Waals surface area contributed by atoms with Crippen molar-refractivity contribution in [2.45, 2.75) is 57.9 Å². The maximum absolute atomic E-state index is 12.8. The summed E-state index contributed by atoms with van der Waals surface area (Å²) in [6.07, 6.45) is 3.09. The molecular weight excluding hydrogens is 338 g/mol. The molecule has 25 heavy (non-hydrogen) atoms. The van der Waals surface area contributed by atoms with Crippen LogP contribution >= 0.6 is 11.6 Å². The minimum atomic E-state index is -0.905. The summed E-state index contributed by atoms with van der Waals surface area (Å²) in [5, 5.41) is 3.64. The predicted octanol–water partition coefficient (Wildman–Crippen LogP) is 4.32. The van der Waals surface area contributed by atoms with Gasteiger partial charge in [-0.15, -0.1) is 0 Å². The van der Waals surface area contributed by atoms with E-state index in [0.717, 1.165) is 18.4 Å². The van der Waals surface area contributed by atoms with Gasteiger partial charge in [0.15, 0.2) is 0 Å². The van der Waals surface area contributed by atoms with Crippen LogP contribution in [-0.4, -0.2) is 24.5 Å². The van der Waals surface area contributed by atoms with Crippen LogP contribution in [0.25, 0.3) is 0 Å². The molecule has 1 aromatic carbocycles. The molecule has 2 rings (SSSR count). The molecule has 138 valence electrons. The van der Waals surface area contributed by atoms with Gasteiger partial charge in [0.25, 0.3) is 0 Å². The predicted molar refractivity (Wildman–Crippen MR) is 99.6 cm³/mol. The summed E-state index contributed by atoms with van der Waals surface area (Å²) in [6.45, 7) is 6.25. The number of hydrogen-bond acceptors (Lipinski definition) is 3. The number of esters is 1. The number of hydrogen-bond donors (Lipinski definition) is 1. The lowest BCUT2D eigenvalue weighted by Gasteiger charge is -2.40. The Morgan fingerprint density at radius 2 is 1.72 bits per heavy atom. The molecule has 0 radical (unpaired) electrons. The van der Waals surface area contributed by atoms with Crippen LogP contribution in [0.3, 0.4) is 0 Å². The Hall–Kier alpha value is -1.55. The van der Waals surface area contributed by atoms with E-state index in [1.54, 1.807) is 12.1 Å². The van der Waals surface area contributed by atoms with E-state index < -0.39 is 5.54 Å². The molecule has 0 bridgehead atoms. The monoisotopic (exact) mass is 365 g/mol. The van der Waals surface area contributed by atoms with Crippen molar-refractivity contribution in [3.8, 4) is 0 Å². The topological polar surface area (TPSA) is 55.4 Å². The van der Waals surface area contributed by atoms with Crippen LogP contribution in [0.15, 0.2) is 24.3 Å². The van der Waals surface area contributed by atoms with Gasteiger partial charge in [0, 0.05) is 5.02 Å². The summed E-state index contributed by atoms with van der Waals surface area (Å²) in [5.74, 6) is 0.311. The summed E-state index contributed by atoms with van der Waals surface area (Å²) in [6, 6.07) is 7.22. The highest BCUT2D eigenvalue weighted by Gasteiger charge is 2.45. The summed E-state index contributed by atoms with van der Waals surface area (Å²) in [7, 11) is 1.38. The van der Waals surface area contributed by atoms with Crippen LogP contribution in [0.2, 0.25) is 5.02 Å². The lowest BCUT2D eigenvalue weighted by atomic mass is 9.72. The minimum Gasteiger partial charge on any atom is -0.467 e. The first-order valence-electron chi connectivity index (χ1n) is 8.95. The molecule has 1 aliphatic rings. The van der Waals surface area contributed by atoms with E-state index in [1.807, 2.05) is 19.1 Å². The molecule has 1 amide bonds. The minimum absolute atomic E-state index is 0.157. The van der Waals surface area contributed by atoms with E-state index in [9.17, 15) is 9.59 Å². The maximum Gasteiger partial charge on any atom is 0.331 e. The van der Waals surface area contributed by atoms with Crippen LogP contribution in [0.4, 0.5) is 0 Å². The van der Waals surface area contributed by atoms with Gasteiger partial charge in [0.05, 0.1) is 13.0 Å². The molecule has 0 aliphatic heterocycles. The molecule has 1 N–H and O–H groups in total. The molecule has 1 unspecified atom stereocenters. The number of benzene rings is 1. The first kappa shape index (κ1) is 19.8. The van der Waals surface area contributed by atoms with E-state index in [-0.39, 0.29) is 17.8 Å². The number of carbonyl (C=O) groups is 2. The van der Waals surface area contributed by atoms with Gasteiger partial charge in [-0.3, -0.25) is 4.79 Å². The molecule has 0 saturated heterocycles. The summed E-state index contributed by atoms with van der Waals surface area (Å²) in [4.78, 5) is 25.2. The molecule has 1 saturated carbocycles. The molecule has 1 aliphatic carbocycles. The highest BCUT2D eigenvalue weighted by atomic mass is 35.5. The third-order valence-corrected chi connectivity index (χ3v) is 5.78. The number of rotatable bonds is 5. The lowest BCUT2D eigenvalue weighted by molar-refractivity contribution is -0.153. The van der Waals surface area contributed by atoms with Crippen molar-refractivity contribution in [3.63, 3.8) is 0 Å². The second-order valence-corrected chi connectivity index (χ2v) is 7.85. The summed E-state index contributed by atoms with van der Waals surface area (Å²) >= 11 is 5.91. The van der Waals surface area contributed by atoms with Crippen LogP contribution in [0.5, 0.6) is 0 Å². The van der Waals surface area contributed by atoms with Crippen molar-refractivity contribution in [1.29, 1.82) is 0 Å². The van der Waals surface area contributed by atoms with Gasteiger partial charge in [-0.2, -0.15) is 0 Å². The van der Waals surface area contributed by atoms with Gasteiger partial charge in [-0.25, -0.2) is 4.79 Å². The fourth-order valence-corrected chi connectivity index (χ4v) is 3.75. The quantitative estimate of drug-likeness (QED) is 0.790. The van der Waals surface area contributed by atoms with Crippen molar-refractivity contribution >= 4 is 23.5 Å². The number of ether oxygens (including phenoxy) is 1. The van der Waals surface area contributed by atoms with Crippen LogP contribution in [-0.2, 0) is 14.3 Å². The molecule has 1 atom stereocenters. The Bertz CT molecular complexity index is 604. The van der Waals surface area contributed by atoms with Gasteiger partial charge in [0.1, 0.15) is 5.54 Å². The van der Waals surface area contributed by atoms with Crippen molar-refractivity contribution in [1.82, 2.24) is 5.32 Å². The highest BCUT2D eigenvalue weighted by molar-refractivity contribution is 6.30. The van der Waals surface area contributed by atoms with Crippen LogP contribution in [0.1, 0.15) is 57.9 Å². The summed E-state index contributed by atoms with van der Waals surface area (Å²) < 4.78 is 5.02. The zero-order chi connectivity index (χ0) is 18.6. The second kappa shape index (κ2) is 8.22. The zero-order valence-corrected chi connectivity index (χ0v) is 16.2. The maximum atomic E-state index is 12.8. The molecule has 0 spiro atoms. The van der Waals surface area contributed by atoms with Crippen molar-refractivity contribution in [2.75, 3.05) is 7.11 Å². The average molecular weight is 366 g/mol. The molecule has 1 fully saturated rings. The number of carbonyl (C=O) groups excluding carboxylic acids is 2. The Labute approximate surface area is 155 Å². The molecule has 1 aromatic rings. The van der Waals surface area contributed by atoms with Gasteiger partial charge < -0.3 is 10.1 Å². The highest BCUT2D eigenvalue weighted by Crippen LogP contribution is 2.37. The van der Waals surface area contributed by atoms with E-state index in [4.69, 9.17) is 16.3 Å². The third kappa shape index (κ3) is 4.55. The Morgan fingerprint density at radius 3 is 2.20 bits per heavy atom. The Balaban J connectivity index is 2.13. The van der Waals surface area contributed by atoms with Gasteiger partial charge >= 0.3 is 5.97 Å². The third-order valence-electron chi connectivity index (χ3n) is 5.53. The molecule has 4 nitrogen and oxygen atoms in total. The molecule has 5 heteroatoms. The first-order chi connectivity index (χ1) is 11.8. The van der Waals surface area contributed by atoms with Crippen molar-refractivity contribution in [2.24, 2.45) is 11.8 Å². The Morgan fingerprint density at radius 1 is 1.16 bits per heavy atom. The van der Waals surface area contributed by atoms with Gasteiger partial charge in [0.2, 0.25) is 5.91 Å². The summed E-state index contributed by atoms with van der Waals surface area (Å²) in [5.41, 5.74) is -0.0319. The SMILES string of the molecule is COC(=O)C1(NC(=O)C(C)c2ccc(Cl)cc2)CCC(C(C)C)CC1. The number of nitrogens with one attached hydrogen (secondary N) is 1. The smallest absolute Gasteiger partial charge is 0.331 e. The van der Waals surface area contributed by atoms with E-state index in [1.165, 1.54) is 7.11 Å².